The first-order valence-electron chi connectivity index (χ1n) is 13.3. The van der Waals surface area contributed by atoms with Gasteiger partial charge in [-0.1, -0.05) is 10.4 Å². The average Bonchev–Trinajstić information content (AvgIpc) is 3.66. The lowest BCUT2D eigenvalue weighted by Gasteiger charge is -2.33. The molecular formula is C27H29F3N8O4. The highest BCUT2D eigenvalue weighted by molar-refractivity contribution is 5.69. The Morgan fingerprint density at radius 2 is 1.90 bits per heavy atom. The molecule has 12 nitrogen and oxygen atoms in total. The molecule has 1 unspecified atom stereocenters. The van der Waals surface area contributed by atoms with E-state index in [9.17, 15) is 23.2 Å². The monoisotopic (exact) mass is 586 g/mol. The van der Waals surface area contributed by atoms with E-state index in [1.165, 1.54) is 17.5 Å². The first-order chi connectivity index (χ1) is 19.7. The van der Waals surface area contributed by atoms with Crippen LogP contribution in [0.2, 0.25) is 0 Å². The predicted octanol–water partition coefficient (Wildman–Crippen LogP) is 5.49. The fraction of sp³-hybridized carbons (Fsp3) is 0.481. The van der Waals surface area contributed by atoms with Crippen LogP contribution in [0.1, 0.15) is 75.5 Å². The van der Waals surface area contributed by atoms with E-state index >= 15 is 0 Å². The quantitative estimate of drug-likeness (QED) is 0.297. The lowest BCUT2D eigenvalue weighted by atomic mass is 10.0. The molecule has 0 N–H and O–H groups in total. The second kappa shape index (κ2) is 10.7. The van der Waals surface area contributed by atoms with Crippen molar-refractivity contribution < 1.29 is 32.0 Å². The van der Waals surface area contributed by atoms with Gasteiger partial charge in [0.25, 0.3) is 0 Å². The number of fused-ring (bicyclic) bond motifs is 1. The summed E-state index contributed by atoms with van der Waals surface area (Å²) in [5, 5.41) is 21.9. The van der Waals surface area contributed by atoms with E-state index in [0.29, 0.717) is 42.8 Å². The van der Waals surface area contributed by atoms with E-state index in [0.717, 1.165) is 11.8 Å². The maximum atomic E-state index is 13.0. The van der Waals surface area contributed by atoms with E-state index < -0.39 is 23.6 Å². The van der Waals surface area contributed by atoms with Gasteiger partial charge in [-0.05, 0) is 53.5 Å². The van der Waals surface area contributed by atoms with Gasteiger partial charge in [0.2, 0.25) is 11.6 Å². The van der Waals surface area contributed by atoms with Crippen molar-refractivity contribution in [1.29, 1.82) is 5.26 Å². The van der Waals surface area contributed by atoms with Crippen LogP contribution in [0.4, 0.5) is 18.0 Å². The molecule has 42 heavy (non-hydrogen) atoms. The summed E-state index contributed by atoms with van der Waals surface area (Å²) in [7, 11) is 0. The molecule has 0 radical (unpaired) electrons. The maximum Gasteiger partial charge on any atom is 0.452 e. The number of piperidine rings is 1. The number of nitrogens with zero attached hydrogens (tertiary/aromatic N) is 8. The smallest absolute Gasteiger partial charge is 0.452 e. The summed E-state index contributed by atoms with van der Waals surface area (Å²) in [4.78, 5) is 18.4. The minimum atomic E-state index is -4.69. The molecule has 222 valence electrons. The van der Waals surface area contributed by atoms with Crippen molar-refractivity contribution in [3.05, 3.63) is 47.2 Å². The number of amides is 1. The number of alkyl halides is 3. The molecular weight excluding hydrogens is 557 g/mol. The summed E-state index contributed by atoms with van der Waals surface area (Å²) in [5.74, 6) is -1.09. The number of hydrogen-bond donors (Lipinski definition) is 0. The molecule has 1 fully saturated rings. The highest BCUT2D eigenvalue weighted by atomic mass is 19.4. The normalized spacial score (nSPS) is 15.5. The Morgan fingerprint density at radius 3 is 2.52 bits per heavy atom. The maximum absolute atomic E-state index is 13.0. The zero-order valence-corrected chi connectivity index (χ0v) is 23.6. The van der Waals surface area contributed by atoms with Crippen LogP contribution in [0, 0.1) is 18.3 Å². The van der Waals surface area contributed by atoms with Gasteiger partial charge in [0.1, 0.15) is 40.5 Å². The van der Waals surface area contributed by atoms with Gasteiger partial charge in [-0.25, -0.2) is 14.5 Å². The van der Waals surface area contributed by atoms with Crippen molar-refractivity contribution in [1.82, 2.24) is 34.4 Å². The number of likely N-dealkylation sites (tertiary alicyclic amines) is 1. The van der Waals surface area contributed by atoms with E-state index in [2.05, 4.69) is 25.0 Å². The Bertz CT molecular complexity index is 1650. The van der Waals surface area contributed by atoms with Crippen LogP contribution >= 0.6 is 0 Å². The van der Waals surface area contributed by atoms with Crippen LogP contribution < -0.4 is 4.74 Å². The number of rotatable bonds is 5. The topological polar surface area (TPSA) is 137 Å². The Kier molecular flexibility index (Phi) is 7.33. The highest BCUT2D eigenvalue weighted by Gasteiger charge is 2.37. The number of nitriles is 1. The Hall–Kier alpha value is -4.61. The average molecular weight is 587 g/mol. The molecule has 0 saturated carbocycles. The molecule has 4 aromatic rings. The lowest BCUT2D eigenvalue weighted by Crippen LogP contribution is -2.42. The number of hydrogen-bond acceptors (Lipinski definition) is 9. The number of pyridine rings is 1. The molecule has 1 atom stereocenters. The zero-order valence-electron chi connectivity index (χ0n) is 23.6. The van der Waals surface area contributed by atoms with Crippen molar-refractivity contribution in [3.63, 3.8) is 0 Å². The third kappa shape index (κ3) is 5.74. The Morgan fingerprint density at radius 1 is 1.19 bits per heavy atom. The molecule has 5 heterocycles. The van der Waals surface area contributed by atoms with Gasteiger partial charge >= 0.3 is 12.3 Å². The van der Waals surface area contributed by atoms with Crippen molar-refractivity contribution in [2.75, 3.05) is 13.1 Å². The summed E-state index contributed by atoms with van der Waals surface area (Å²) >= 11 is 0. The molecule has 1 amide bonds. The van der Waals surface area contributed by atoms with Crippen LogP contribution in [-0.2, 0) is 10.9 Å². The Labute approximate surface area is 238 Å². The van der Waals surface area contributed by atoms with Crippen molar-refractivity contribution in [2.45, 2.75) is 71.4 Å². The van der Waals surface area contributed by atoms with Crippen LogP contribution in [0.15, 0.2) is 28.9 Å². The number of carbonyl (C=O) groups is 1. The summed E-state index contributed by atoms with van der Waals surface area (Å²) in [6, 6.07) is 6.17. The van der Waals surface area contributed by atoms with Crippen LogP contribution in [0.5, 0.6) is 5.88 Å². The summed E-state index contributed by atoms with van der Waals surface area (Å²) in [6.45, 7) is 9.91. The molecule has 4 aromatic heterocycles. The van der Waals surface area contributed by atoms with Gasteiger partial charge in [0.15, 0.2) is 0 Å². The second-order valence-corrected chi connectivity index (χ2v) is 11.1. The molecule has 1 saturated heterocycles. The van der Waals surface area contributed by atoms with Gasteiger partial charge in [0.05, 0.1) is 17.9 Å². The number of imidazole rings is 1. The first-order valence-corrected chi connectivity index (χ1v) is 13.3. The van der Waals surface area contributed by atoms with Gasteiger partial charge < -0.3 is 18.9 Å². The first kappa shape index (κ1) is 28.9. The van der Waals surface area contributed by atoms with Crippen LogP contribution in [0.3, 0.4) is 0 Å². The van der Waals surface area contributed by atoms with Crippen molar-refractivity contribution >= 4 is 11.7 Å². The highest BCUT2D eigenvalue weighted by Crippen LogP contribution is 2.34. The second-order valence-electron chi connectivity index (χ2n) is 11.1. The minimum Gasteiger partial charge on any atom is -0.469 e. The minimum absolute atomic E-state index is 0.0102. The molecule has 1 aliphatic heterocycles. The van der Waals surface area contributed by atoms with Crippen molar-refractivity contribution in [3.8, 4) is 23.2 Å². The largest absolute Gasteiger partial charge is 0.469 e. The third-order valence-electron chi connectivity index (χ3n) is 6.87. The number of carbonyl (C=O) groups excluding carboxylic acids is 1. The lowest BCUT2D eigenvalue weighted by molar-refractivity contribution is -0.155. The third-order valence-corrected chi connectivity index (χ3v) is 6.87. The van der Waals surface area contributed by atoms with E-state index in [1.807, 2.05) is 38.4 Å². The summed E-state index contributed by atoms with van der Waals surface area (Å²) < 4.78 is 58.3. The summed E-state index contributed by atoms with van der Waals surface area (Å²) in [6.07, 6.45) is -3.29. The van der Waals surface area contributed by atoms with E-state index in [-0.39, 0.29) is 29.4 Å². The van der Waals surface area contributed by atoms with E-state index in [1.54, 1.807) is 17.0 Å². The van der Waals surface area contributed by atoms with Crippen LogP contribution in [0.25, 0.3) is 16.9 Å². The fourth-order valence-corrected chi connectivity index (χ4v) is 4.81. The molecule has 5 rings (SSSR count). The molecule has 15 heteroatoms. The van der Waals surface area contributed by atoms with E-state index in [4.69, 9.17) is 9.47 Å². The SMILES string of the molecule is Cc1c(-c2cc(OC(C)c3cc(C(F)(F)F)on3)n3c(C#N)cnc3c2)nnn1C1CCN(C(=O)OC(C)(C)C)CC1. The van der Waals surface area contributed by atoms with Crippen LogP contribution in [-0.4, -0.2) is 59.2 Å². The number of halogens is 3. The predicted molar refractivity (Wildman–Crippen MR) is 140 cm³/mol. The Balaban J connectivity index is 1.40. The fourth-order valence-electron chi connectivity index (χ4n) is 4.81. The summed E-state index contributed by atoms with van der Waals surface area (Å²) in [5.41, 5.74) is 1.81. The van der Waals surface area contributed by atoms with Gasteiger partial charge in [-0.15, -0.1) is 5.10 Å². The van der Waals surface area contributed by atoms with Gasteiger partial charge in [0, 0.05) is 30.8 Å². The standard InChI is InChI=1S/C27H29F3N8O4/c1-15-24(33-35-38(15)18-6-8-36(9-7-18)25(39)41-26(3,4)5)17-10-22-32-14-19(13-31)37(22)23(11-17)40-16(2)20-12-21(42-34-20)27(28,29)30/h10-12,14,16,18H,6-9H2,1-5H3. The number of ether oxygens (including phenoxy) is 2. The van der Waals surface area contributed by atoms with Gasteiger partial charge in [-0.2, -0.15) is 18.4 Å². The van der Waals surface area contributed by atoms with Gasteiger partial charge in [-0.3, -0.25) is 4.40 Å². The number of aromatic nitrogens is 6. The molecule has 0 aromatic carbocycles. The molecule has 0 aliphatic carbocycles. The van der Waals surface area contributed by atoms with Crippen molar-refractivity contribution in [2.24, 2.45) is 0 Å². The molecule has 0 spiro atoms. The molecule has 0 bridgehead atoms. The zero-order chi connectivity index (χ0) is 30.4. The molecule has 1 aliphatic rings.